The van der Waals surface area contributed by atoms with Crippen LogP contribution in [0.2, 0.25) is 0 Å². The number of nitrogens with zero attached hydrogens (tertiary/aromatic N) is 1. The standard InChI is InChI=1S/C16H26FN3S/c1-4-6-16(15(5-2)20(19)12(3)11-18)21-14-9-7-13(17)8-10-14/h7-10,12H,4-6,11,18-19H2,1-3H3/b16-15+. The molecule has 21 heavy (non-hydrogen) atoms. The molecule has 0 radical (unpaired) electrons. The Kier molecular flexibility index (Phi) is 7.78. The summed E-state index contributed by atoms with van der Waals surface area (Å²) in [6.45, 7) is 6.77. The fourth-order valence-corrected chi connectivity index (χ4v) is 3.26. The number of hydrogen-bond donors (Lipinski definition) is 2. The van der Waals surface area contributed by atoms with Crippen LogP contribution in [0.4, 0.5) is 4.39 Å². The normalized spacial score (nSPS) is 13.8. The molecule has 1 rings (SSSR count). The van der Waals surface area contributed by atoms with E-state index in [1.165, 1.54) is 17.0 Å². The van der Waals surface area contributed by atoms with Crippen molar-refractivity contribution in [1.82, 2.24) is 5.01 Å². The molecule has 0 amide bonds. The van der Waals surface area contributed by atoms with E-state index in [1.807, 2.05) is 6.92 Å². The van der Waals surface area contributed by atoms with Crippen molar-refractivity contribution in [2.24, 2.45) is 11.6 Å². The number of halogens is 1. The molecule has 0 heterocycles. The molecule has 0 aliphatic rings. The van der Waals surface area contributed by atoms with Gasteiger partial charge in [0, 0.05) is 22.0 Å². The van der Waals surface area contributed by atoms with Crippen molar-refractivity contribution in [3.8, 4) is 0 Å². The van der Waals surface area contributed by atoms with Gasteiger partial charge in [-0.3, -0.25) is 0 Å². The molecule has 4 N–H and O–H groups in total. The summed E-state index contributed by atoms with van der Waals surface area (Å²) in [6, 6.07) is 6.67. The zero-order chi connectivity index (χ0) is 15.8. The summed E-state index contributed by atoms with van der Waals surface area (Å²) in [4.78, 5) is 2.26. The Morgan fingerprint density at radius 2 is 1.90 bits per heavy atom. The van der Waals surface area contributed by atoms with Crippen molar-refractivity contribution < 1.29 is 4.39 Å². The molecule has 118 valence electrons. The molecular weight excluding hydrogens is 285 g/mol. The first-order chi connectivity index (χ1) is 10.0. The fraction of sp³-hybridized carbons (Fsp3) is 0.500. The van der Waals surface area contributed by atoms with E-state index in [-0.39, 0.29) is 11.9 Å². The number of nitrogens with two attached hydrogens (primary N) is 2. The highest BCUT2D eigenvalue weighted by Crippen LogP contribution is 2.34. The molecule has 0 saturated carbocycles. The van der Waals surface area contributed by atoms with Crippen molar-refractivity contribution in [3.63, 3.8) is 0 Å². The number of hydrazine groups is 1. The Bertz CT molecular complexity index is 459. The van der Waals surface area contributed by atoms with Crippen molar-refractivity contribution in [2.45, 2.75) is 51.0 Å². The van der Waals surface area contributed by atoms with E-state index in [4.69, 9.17) is 11.6 Å². The minimum Gasteiger partial charge on any atom is -0.328 e. The third-order valence-electron chi connectivity index (χ3n) is 3.32. The zero-order valence-electron chi connectivity index (χ0n) is 13.1. The summed E-state index contributed by atoms with van der Waals surface area (Å²) in [6.07, 6.45) is 2.85. The number of thioether (sulfide) groups is 1. The van der Waals surface area contributed by atoms with Crippen molar-refractivity contribution >= 4 is 11.8 Å². The molecule has 0 fully saturated rings. The quantitative estimate of drug-likeness (QED) is 0.435. The first kappa shape index (κ1) is 18.0. The van der Waals surface area contributed by atoms with Gasteiger partial charge in [-0.1, -0.05) is 32.0 Å². The monoisotopic (exact) mass is 311 g/mol. The molecule has 1 unspecified atom stereocenters. The predicted molar refractivity (Wildman–Crippen MR) is 89.0 cm³/mol. The lowest BCUT2D eigenvalue weighted by Crippen LogP contribution is -2.43. The van der Waals surface area contributed by atoms with Gasteiger partial charge in [0.1, 0.15) is 5.82 Å². The van der Waals surface area contributed by atoms with E-state index in [2.05, 4.69) is 13.8 Å². The lowest BCUT2D eigenvalue weighted by Gasteiger charge is -2.29. The second-order valence-electron chi connectivity index (χ2n) is 5.02. The van der Waals surface area contributed by atoms with Crippen LogP contribution >= 0.6 is 11.8 Å². The summed E-state index contributed by atoms with van der Waals surface area (Å²) < 4.78 is 13.0. The highest BCUT2D eigenvalue weighted by molar-refractivity contribution is 8.03. The van der Waals surface area contributed by atoms with Crippen LogP contribution in [0.5, 0.6) is 0 Å². The van der Waals surface area contributed by atoms with Gasteiger partial charge in [-0.05, 0) is 44.0 Å². The Labute approximate surface area is 131 Å². The van der Waals surface area contributed by atoms with Gasteiger partial charge in [0.15, 0.2) is 0 Å². The average molecular weight is 311 g/mol. The van der Waals surface area contributed by atoms with Crippen molar-refractivity contribution in [1.29, 1.82) is 0 Å². The molecule has 1 atom stereocenters. The van der Waals surface area contributed by atoms with E-state index in [0.29, 0.717) is 6.54 Å². The largest absolute Gasteiger partial charge is 0.328 e. The summed E-state index contributed by atoms with van der Waals surface area (Å²) in [7, 11) is 0. The summed E-state index contributed by atoms with van der Waals surface area (Å²) in [5.74, 6) is 6.00. The molecule has 3 nitrogen and oxygen atoms in total. The molecule has 0 aliphatic heterocycles. The maximum atomic E-state index is 13.0. The van der Waals surface area contributed by atoms with Crippen LogP contribution in [-0.2, 0) is 0 Å². The number of allylic oxidation sites excluding steroid dienone is 2. The molecule has 0 aliphatic carbocycles. The Balaban J connectivity index is 3.05. The van der Waals surface area contributed by atoms with E-state index >= 15 is 0 Å². The van der Waals surface area contributed by atoms with Crippen molar-refractivity contribution in [3.05, 3.63) is 40.7 Å². The summed E-state index contributed by atoms with van der Waals surface area (Å²) >= 11 is 1.66. The number of rotatable bonds is 8. The zero-order valence-corrected chi connectivity index (χ0v) is 13.9. The van der Waals surface area contributed by atoms with Gasteiger partial charge in [-0.25, -0.2) is 10.2 Å². The fourth-order valence-electron chi connectivity index (χ4n) is 2.03. The average Bonchev–Trinajstić information content (AvgIpc) is 2.49. The van der Waals surface area contributed by atoms with E-state index in [9.17, 15) is 4.39 Å². The lowest BCUT2D eigenvalue weighted by molar-refractivity contribution is 0.272. The molecule has 0 aromatic heterocycles. The van der Waals surface area contributed by atoms with E-state index < -0.39 is 0 Å². The minimum atomic E-state index is -0.215. The topological polar surface area (TPSA) is 55.3 Å². The van der Waals surface area contributed by atoms with Crippen molar-refractivity contribution in [2.75, 3.05) is 6.54 Å². The van der Waals surface area contributed by atoms with E-state index in [1.54, 1.807) is 28.9 Å². The van der Waals surface area contributed by atoms with Gasteiger partial charge in [0.2, 0.25) is 0 Å². The molecule has 0 saturated heterocycles. The first-order valence-corrected chi connectivity index (χ1v) is 8.24. The first-order valence-electron chi connectivity index (χ1n) is 7.42. The van der Waals surface area contributed by atoms with Gasteiger partial charge < -0.3 is 10.7 Å². The SMILES string of the molecule is CCC/C(Sc1ccc(F)cc1)=C(/CC)N(N)C(C)CN. The van der Waals surface area contributed by atoms with Gasteiger partial charge in [0.05, 0.1) is 6.04 Å². The van der Waals surface area contributed by atoms with Crippen LogP contribution in [-0.4, -0.2) is 17.6 Å². The summed E-state index contributed by atoms with van der Waals surface area (Å²) in [5, 5.41) is 1.78. The predicted octanol–water partition coefficient (Wildman–Crippen LogP) is 3.86. The second-order valence-corrected chi connectivity index (χ2v) is 6.19. The molecule has 0 bridgehead atoms. The van der Waals surface area contributed by atoms with Crippen LogP contribution in [0.15, 0.2) is 39.8 Å². The number of hydrogen-bond acceptors (Lipinski definition) is 4. The third kappa shape index (κ3) is 5.34. The van der Waals surface area contributed by atoms with Crippen LogP contribution < -0.4 is 11.6 Å². The third-order valence-corrected chi connectivity index (χ3v) is 4.51. The second kappa shape index (κ2) is 9.07. The van der Waals surface area contributed by atoms with Crippen LogP contribution in [0.25, 0.3) is 0 Å². The lowest BCUT2D eigenvalue weighted by atomic mass is 10.2. The Hall–Kier alpha value is -1.04. The molecule has 0 spiro atoms. The molecule has 5 heteroatoms. The summed E-state index contributed by atoms with van der Waals surface area (Å²) in [5.41, 5.74) is 6.83. The minimum absolute atomic E-state index is 0.0978. The Morgan fingerprint density at radius 1 is 1.29 bits per heavy atom. The number of benzene rings is 1. The van der Waals surface area contributed by atoms with Crippen LogP contribution in [0.1, 0.15) is 40.0 Å². The van der Waals surface area contributed by atoms with Crippen LogP contribution in [0, 0.1) is 5.82 Å². The van der Waals surface area contributed by atoms with E-state index in [0.717, 1.165) is 29.9 Å². The highest BCUT2D eigenvalue weighted by Gasteiger charge is 2.16. The smallest absolute Gasteiger partial charge is 0.123 e. The molecule has 1 aromatic rings. The maximum absolute atomic E-state index is 13.0. The highest BCUT2D eigenvalue weighted by atomic mass is 32.2. The van der Waals surface area contributed by atoms with Crippen LogP contribution in [0.3, 0.4) is 0 Å². The van der Waals surface area contributed by atoms with Gasteiger partial charge in [-0.15, -0.1) is 0 Å². The molecular formula is C16H26FN3S. The van der Waals surface area contributed by atoms with Gasteiger partial charge >= 0.3 is 0 Å². The Morgan fingerprint density at radius 3 is 2.38 bits per heavy atom. The van der Waals surface area contributed by atoms with Gasteiger partial charge in [0.25, 0.3) is 0 Å². The maximum Gasteiger partial charge on any atom is 0.123 e. The molecule has 1 aromatic carbocycles. The van der Waals surface area contributed by atoms with Gasteiger partial charge in [-0.2, -0.15) is 0 Å².